The fourth-order valence-corrected chi connectivity index (χ4v) is 2.14. The van der Waals surface area contributed by atoms with Gasteiger partial charge in [0.25, 0.3) is 0 Å². The first kappa shape index (κ1) is 13.5. The van der Waals surface area contributed by atoms with Gasteiger partial charge in [-0.2, -0.15) is 0 Å². The standard InChI is InChI=1S/C12H24N2O2/c1-4-12(5-6-13-8-12)11(16)14-10(7-15)9(2)3/h9-10,13,15H,4-8H2,1-3H3,(H,14,16). The molecule has 1 saturated heterocycles. The van der Waals surface area contributed by atoms with Gasteiger partial charge in [0.15, 0.2) is 0 Å². The van der Waals surface area contributed by atoms with Crippen molar-refractivity contribution >= 4 is 5.91 Å². The lowest BCUT2D eigenvalue weighted by atomic mass is 9.83. The number of aliphatic hydroxyl groups is 1. The zero-order valence-corrected chi connectivity index (χ0v) is 10.5. The van der Waals surface area contributed by atoms with Gasteiger partial charge >= 0.3 is 0 Å². The van der Waals surface area contributed by atoms with Gasteiger partial charge in [-0.3, -0.25) is 4.79 Å². The molecule has 2 unspecified atom stereocenters. The molecular weight excluding hydrogens is 204 g/mol. The summed E-state index contributed by atoms with van der Waals surface area (Å²) in [6.45, 7) is 7.74. The van der Waals surface area contributed by atoms with Gasteiger partial charge in [-0.15, -0.1) is 0 Å². The van der Waals surface area contributed by atoms with Crippen LogP contribution in [0.1, 0.15) is 33.6 Å². The molecule has 0 aliphatic carbocycles. The summed E-state index contributed by atoms with van der Waals surface area (Å²) in [6.07, 6.45) is 1.74. The first-order chi connectivity index (χ1) is 7.55. The lowest BCUT2D eigenvalue weighted by Gasteiger charge is -2.29. The second kappa shape index (κ2) is 5.64. The SMILES string of the molecule is CCC1(C(=O)NC(CO)C(C)C)CCNC1. The summed E-state index contributed by atoms with van der Waals surface area (Å²) in [6, 6.07) is -0.128. The molecule has 0 aromatic rings. The van der Waals surface area contributed by atoms with E-state index in [1.807, 2.05) is 13.8 Å². The van der Waals surface area contributed by atoms with E-state index >= 15 is 0 Å². The molecule has 0 spiro atoms. The van der Waals surface area contributed by atoms with E-state index in [1.54, 1.807) is 0 Å². The van der Waals surface area contributed by atoms with Crippen LogP contribution in [-0.2, 0) is 4.79 Å². The summed E-state index contributed by atoms with van der Waals surface area (Å²) in [5, 5.41) is 15.4. The maximum absolute atomic E-state index is 12.2. The average Bonchev–Trinajstić information content (AvgIpc) is 2.74. The van der Waals surface area contributed by atoms with E-state index in [0.29, 0.717) is 0 Å². The highest BCUT2D eigenvalue weighted by Crippen LogP contribution is 2.29. The number of hydrogen-bond acceptors (Lipinski definition) is 3. The summed E-state index contributed by atoms with van der Waals surface area (Å²) >= 11 is 0. The highest BCUT2D eigenvalue weighted by molar-refractivity contribution is 5.83. The van der Waals surface area contributed by atoms with Gasteiger partial charge in [0.2, 0.25) is 5.91 Å². The Bertz CT molecular complexity index is 235. The van der Waals surface area contributed by atoms with Gasteiger partial charge in [0.05, 0.1) is 18.1 Å². The smallest absolute Gasteiger partial charge is 0.227 e. The first-order valence-corrected chi connectivity index (χ1v) is 6.18. The Morgan fingerprint density at radius 2 is 2.25 bits per heavy atom. The van der Waals surface area contributed by atoms with Gasteiger partial charge in [-0.25, -0.2) is 0 Å². The molecule has 2 atom stereocenters. The molecule has 0 radical (unpaired) electrons. The van der Waals surface area contributed by atoms with Crippen molar-refractivity contribution in [1.82, 2.24) is 10.6 Å². The molecule has 16 heavy (non-hydrogen) atoms. The van der Waals surface area contributed by atoms with E-state index in [2.05, 4.69) is 17.6 Å². The Kier molecular flexibility index (Phi) is 4.74. The number of rotatable bonds is 5. The van der Waals surface area contributed by atoms with Crippen LogP contribution in [0.2, 0.25) is 0 Å². The molecule has 4 heteroatoms. The molecule has 1 aliphatic rings. The summed E-state index contributed by atoms with van der Waals surface area (Å²) in [4.78, 5) is 12.2. The Balaban J connectivity index is 2.62. The van der Waals surface area contributed by atoms with E-state index in [9.17, 15) is 9.90 Å². The number of carbonyl (C=O) groups is 1. The molecule has 0 aromatic carbocycles. The van der Waals surface area contributed by atoms with Gasteiger partial charge in [0.1, 0.15) is 0 Å². The van der Waals surface area contributed by atoms with Crippen LogP contribution in [0.5, 0.6) is 0 Å². The van der Waals surface area contributed by atoms with Gasteiger partial charge in [0, 0.05) is 6.54 Å². The Morgan fingerprint density at radius 1 is 1.56 bits per heavy atom. The quantitative estimate of drug-likeness (QED) is 0.642. The van der Waals surface area contributed by atoms with Crippen molar-refractivity contribution in [3.05, 3.63) is 0 Å². The summed E-state index contributed by atoms with van der Waals surface area (Å²) in [7, 11) is 0. The highest BCUT2D eigenvalue weighted by Gasteiger charge is 2.40. The predicted molar refractivity (Wildman–Crippen MR) is 64.1 cm³/mol. The number of carbonyl (C=O) groups excluding carboxylic acids is 1. The number of hydrogen-bond donors (Lipinski definition) is 3. The van der Waals surface area contributed by atoms with Crippen LogP contribution >= 0.6 is 0 Å². The Hall–Kier alpha value is -0.610. The zero-order valence-electron chi connectivity index (χ0n) is 10.5. The van der Waals surface area contributed by atoms with Crippen molar-refractivity contribution in [1.29, 1.82) is 0 Å². The van der Waals surface area contributed by atoms with E-state index in [4.69, 9.17) is 0 Å². The van der Waals surface area contributed by atoms with Crippen molar-refractivity contribution in [3.63, 3.8) is 0 Å². The highest BCUT2D eigenvalue weighted by atomic mass is 16.3. The fraction of sp³-hybridized carbons (Fsp3) is 0.917. The second-order valence-electron chi connectivity index (χ2n) is 5.07. The van der Waals surface area contributed by atoms with Crippen LogP contribution in [0.25, 0.3) is 0 Å². The third-order valence-corrected chi connectivity index (χ3v) is 3.72. The van der Waals surface area contributed by atoms with Gasteiger partial charge in [-0.05, 0) is 25.3 Å². The maximum atomic E-state index is 12.2. The number of nitrogens with one attached hydrogen (secondary N) is 2. The molecule has 3 N–H and O–H groups in total. The van der Waals surface area contributed by atoms with Crippen molar-refractivity contribution in [2.45, 2.75) is 39.7 Å². The normalized spacial score (nSPS) is 27.1. The molecule has 1 rings (SSSR count). The third kappa shape index (κ3) is 2.74. The molecule has 0 bridgehead atoms. The Labute approximate surface area is 97.8 Å². The Morgan fingerprint density at radius 3 is 2.62 bits per heavy atom. The molecule has 0 aromatic heterocycles. The van der Waals surface area contributed by atoms with E-state index in [1.165, 1.54) is 0 Å². The van der Waals surface area contributed by atoms with Crippen LogP contribution < -0.4 is 10.6 Å². The van der Waals surface area contributed by atoms with Crippen LogP contribution in [-0.4, -0.2) is 36.8 Å². The largest absolute Gasteiger partial charge is 0.394 e. The van der Waals surface area contributed by atoms with E-state index < -0.39 is 0 Å². The molecular formula is C12H24N2O2. The van der Waals surface area contributed by atoms with Crippen molar-refractivity contribution in [2.24, 2.45) is 11.3 Å². The lowest BCUT2D eigenvalue weighted by Crippen LogP contribution is -2.49. The van der Waals surface area contributed by atoms with Crippen LogP contribution in [0.15, 0.2) is 0 Å². The minimum atomic E-state index is -0.262. The topological polar surface area (TPSA) is 61.4 Å². The zero-order chi connectivity index (χ0) is 12.2. The molecule has 1 heterocycles. The van der Waals surface area contributed by atoms with Gasteiger partial charge in [-0.1, -0.05) is 20.8 Å². The molecule has 4 nitrogen and oxygen atoms in total. The summed E-state index contributed by atoms with van der Waals surface area (Å²) < 4.78 is 0. The van der Waals surface area contributed by atoms with Crippen molar-refractivity contribution in [2.75, 3.05) is 19.7 Å². The van der Waals surface area contributed by atoms with Gasteiger partial charge < -0.3 is 15.7 Å². The third-order valence-electron chi connectivity index (χ3n) is 3.72. The molecule has 1 fully saturated rings. The summed E-state index contributed by atoms with van der Waals surface area (Å²) in [5.41, 5.74) is -0.262. The molecule has 1 aliphatic heterocycles. The fourth-order valence-electron chi connectivity index (χ4n) is 2.14. The monoisotopic (exact) mass is 228 g/mol. The van der Waals surface area contributed by atoms with Crippen molar-refractivity contribution < 1.29 is 9.90 Å². The average molecular weight is 228 g/mol. The first-order valence-electron chi connectivity index (χ1n) is 6.18. The van der Waals surface area contributed by atoms with E-state index in [-0.39, 0.29) is 29.9 Å². The number of amides is 1. The van der Waals surface area contributed by atoms with E-state index in [0.717, 1.165) is 25.9 Å². The second-order valence-corrected chi connectivity index (χ2v) is 5.07. The van der Waals surface area contributed by atoms with Crippen LogP contribution in [0.4, 0.5) is 0 Å². The minimum Gasteiger partial charge on any atom is -0.394 e. The molecule has 1 amide bonds. The summed E-state index contributed by atoms with van der Waals surface area (Å²) in [5.74, 6) is 0.352. The van der Waals surface area contributed by atoms with Crippen LogP contribution in [0.3, 0.4) is 0 Å². The maximum Gasteiger partial charge on any atom is 0.227 e. The number of aliphatic hydroxyl groups excluding tert-OH is 1. The minimum absolute atomic E-state index is 0.0105. The predicted octanol–water partition coefficient (Wildman–Crippen LogP) is 0.509. The lowest BCUT2D eigenvalue weighted by molar-refractivity contribution is -0.131. The molecule has 0 saturated carbocycles. The van der Waals surface area contributed by atoms with Crippen molar-refractivity contribution in [3.8, 4) is 0 Å². The molecule has 94 valence electrons. The van der Waals surface area contributed by atoms with Crippen LogP contribution in [0, 0.1) is 11.3 Å².